The lowest BCUT2D eigenvalue weighted by atomic mass is 10.1. The monoisotopic (exact) mass is 284 g/mol. The molecule has 0 saturated carbocycles. The van der Waals surface area contributed by atoms with Crippen molar-refractivity contribution in [3.63, 3.8) is 0 Å². The molecule has 2 rings (SSSR count). The average molecular weight is 284 g/mol. The van der Waals surface area contributed by atoms with Crippen molar-refractivity contribution in [2.24, 2.45) is 0 Å². The highest BCUT2D eigenvalue weighted by Crippen LogP contribution is 2.14. The minimum atomic E-state index is -0.299. The molecule has 0 bridgehead atoms. The third kappa shape index (κ3) is 4.35. The molecule has 0 aliphatic carbocycles. The smallest absolute Gasteiger partial charge is 0.262 e. The van der Waals surface area contributed by atoms with Crippen molar-refractivity contribution in [3.05, 3.63) is 54.1 Å². The molecule has 1 amide bonds. The van der Waals surface area contributed by atoms with Crippen molar-refractivity contribution in [1.82, 2.24) is 0 Å². The van der Waals surface area contributed by atoms with Crippen LogP contribution in [-0.2, 0) is 4.79 Å². The molecular weight excluding hydrogens is 268 g/mol. The van der Waals surface area contributed by atoms with Crippen molar-refractivity contribution in [2.45, 2.75) is 6.92 Å². The van der Waals surface area contributed by atoms with E-state index in [-0.39, 0.29) is 18.3 Å². The normalized spacial score (nSPS) is 9.95. The van der Waals surface area contributed by atoms with Gasteiger partial charge in [-0.1, -0.05) is 12.1 Å². The number of ether oxygens (including phenoxy) is 1. The van der Waals surface area contributed by atoms with E-state index in [1.54, 1.807) is 48.5 Å². The van der Waals surface area contributed by atoms with Crippen LogP contribution in [0.25, 0.3) is 0 Å². The van der Waals surface area contributed by atoms with Crippen LogP contribution in [0.2, 0.25) is 0 Å². The maximum absolute atomic E-state index is 11.8. The van der Waals surface area contributed by atoms with Gasteiger partial charge in [0.1, 0.15) is 5.75 Å². The number of anilines is 2. The number of amides is 1. The van der Waals surface area contributed by atoms with Gasteiger partial charge in [-0.3, -0.25) is 9.59 Å². The Hall–Kier alpha value is -2.82. The number of hydrogen-bond acceptors (Lipinski definition) is 4. The molecule has 0 heterocycles. The van der Waals surface area contributed by atoms with Crippen molar-refractivity contribution < 1.29 is 14.3 Å². The molecule has 5 nitrogen and oxygen atoms in total. The molecule has 2 aromatic rings. The van der Waals surface area contributed by atoms with Crippen LogP contribution >= 0.6 is 0 Å². The predicted octanol–water partition coefficient (Wildman–Crippen LogP) is 2.49. The van der Waals surface area contributed by atoms with Gasteiger partial charge in [0.05, 0.1) is 0 Å². The molecule has 0 atom stereocenters. The van der Waals surface area contributed by atoms with Crippen LogP contribution in [0, 0.1) is 0 Å². The molecule has 0 unspecified atom stereocenters. The minimum Gasteiger partial charge on any atom is -0.484 e. The van der Waals surface area contributed by atoms with E-state index in [2.05, 4.69) is 5.32 Å². The second-order valence-electron chi connectivity index (χ2n) is 4.54. The zero-order valence-corrected chi connectivity index (χ0v) is 11.6. The predicted molar refractivity (Wildman–Crippen MR) is 81.4 cm³/mol. The van der Waals surface area contributed by atoms with E-state index in [9.17, 15) is 9.59 Å². The number of carbonyl (C=O) groups is 2. The number of benzene rings is 2. The van der Waals surface area contributed by atoms with Gasteiger partial charge in [-0.2, -0.15) is 0 Å². The summed E-state index contributed by atoms with van der Waals surface area (Å²) in [7, 11) is 0. The molecular formula is C16H16N2O3. The summed E-state index contributed by atoms with van der Waals surface area (Å²) in [6.07, 6.45) is 0. The van der Waals surface area contributed by atoms with Crippen molar-refractivity contribution in [3.8, 4) is 5.75 Å². The Morgan fingerprint density at radius 1 is 1.14 bits per heavy atom. The number of hydrogen-bond donors (Lipinski definition) is 2. The molecule has 3 N–H and O–H groups in total. The zero-order chi connectivity index (χ0) is 15.2. The molecule has 0 aliphatic rings. The number of nitrogens with two attached hydrogens (primary N) is 1. The van der Waals surface area contributed by atoms with E-state index in [1.165, 1.54) is 6.92 Å². The Bertz CT molecular complexity index is 651. The average Bonchev–Trinajstić information content (AvgIpc) is 2.47. The lowest BCUT2D eigenvalue weighted by Gasteiger charge is -2.08. The highest BCUT2D eigenvalue weighted by Gasteiger charge is 2.05. The van der Waals surface area contributed by atoms with Crippen molar-refractivity contribution in [2.75, 3.05) is 17.7 Å². The summed E-state index contributed by atoms with van der Waals surface area (Å²) in [5.74, 6) is 0.216. The Labute approximate surface area is 122 Å². The summed E-state index contributed by atoms with van der Waals surface area (Å²) in [5.41, 5.74) is 7.31. The summed E-state index contributed by atoms with van der Waals surface area (Å²) < 4.78 is 5.34. The molecule has 108 valence electrons. The number of nitrogens with one attached hydrogen (secondary N) is 1. The molecule has 0 fully saturated rings. The molecule has 0 saturated heterocycles. The summed E-state index contributed by atoms with van der Waals surface area (Å²) in [5, 5.41) is 2.68. The second kappa shape index (κ2) is 6.56. The lowest BCUT2D eigenvalue weighted by Crippen LogP contribution is -2.20. The maximum atomic E-state index is 11.8. The molecule has 0 spiro atoms. The van der Waals surface area contributed by atoms with E-state index < -0.39 is 0 Å². The van der Waals surface area contributed by atoms with E-state index in [1.807, 2.05) is 0 Å². The molecule has 5 heteroatoms. The van der Waals surface area contributed by atoms with Crippen LogP contribution in [0.5, 0.6) is 5.75 Å². The van der Waals surface area contributed by atoms with Gasteiger partial charge in [-0.05, 0) is 43.3 Å². The van der Waals surface area contributed by atoms with Crippen molar-refractivity contribution in [1.29, 1.82) is 0 Å². The first-order valence-electron chi connectivity index (χ1n) is 6.44. The molecule has 21 heavy (non-hydrogen) atoms. The van der Waals surface area contributed by atoms with Crippen LogP contribution in [0.3, 0.4) is 0 Å². The Balaban J connectivity index is 1.91. The molecule has 0 aromatic heterocycles. The Morgan fingerprint density at radius 3 is 2.52 bits per heavy atom. The van der Waals surface area contributed by atoms with Gasteiger partial charge in [0, 0.05) is 16.9 Å². The molecule has 0 radical (unpaired) electrons. The first kappa shape index (κ1) is 14.6. The van der Waals surface area contributed by atoms with Crippen LogP contribution < -0.4 is 15.8 Å². The van der Waals surface area contributed by atoms with Gasteiger partial charge in [-0.25, -0.2) is 0 Å². The Morgan fingerprint density at radius 2 is 1.86 bits per heavy atom. The van der Waals surface area contributed by atoms with Gasteiger partial charge in [-0.15, -0.1) is 0 Å². The lowest BCUT2D eigenvalue weighted by molar-refractivity contribution is -0.118. The van der Waals surface area contributed by atoms with Gasteiger partial charge in [0.15, 0.2) is 12.4 Å². The first-order chi connectivity index (χ1) is 10.0. The number of nitrogen functional groups attached to an aromatic ring is 1. The van der Waals surface area contributed by atoms with Gasteiger partial charge in [0.2, 0.25) is 0 Å². The second-order valence-corrected chi connectivity index (χ2v) is 4.54. The third-order valence-corrected chi connectivity index (χ3v) is 2.80. The van der Waals surface area contributed by atoms with Crippen LogP contribution in [0.4, 0.5) is 11.4 Å². The molecule has 0 aliphatic heterocycles. The third-order valence-electron chi connectivity index (χ3n) is 2.80. The number of carbonyl (C=O) groups excluding carboxylic acids is 2. The fourth-order valence-corrected chi connectivity index (χ4v) is 1.73. The van der Waals surface area contributed by atoms with E-state index in [4.69, 9.17) is 10.5 Å². The number of Topliss-reactive ketones (excluding diaryl/α,β-unsaturated/α-hetero) is 1. The van der Waals surface area contributed by atoms with Gasteiger partial charge < -0.3 is 15.8 Å². The highest BCUT2D eigenvalue weighted by atomic mass is 16.5. The summed E-state index contributed by atoms with van der Waals surface area (Å²) in [6, 6.07) is 13.5. The number of ketones is 1. The SMILES string of the molecule is CC(=O)c1cccc(NC(=O)COc2ccc(N)cc2)c1. The molecule has 2 aromatic carbocycles. The Kier molecular flexibility index (Phi) is 4.56. The van der Waals surface area contributed by atoms with Crippen LogP contribution in [-0.4, -0.2) is 18.3 Å². The fraction of sp³-hybridized carbons (Fsp3) is 0.125. The standard InChI is InChI=1S/C16H16N2O3/c1-11(19)12-3-2-4-14(9-12)18-16(20)10-21-15-7-5-13(17)6-8-15/h2-9H,10,17H2,1H3,(H,18,20). The zero-order valence-electron chi connectivity index (χ0n) is 11.6. The van der Waals surface area contributed by atoms with E-state index >= 15 is 0 Å². The largest absolute Gasteiger partial charge is 0.484 e. The maximum Gasteiger partial charge on any atom is 0.262 e. The topological polar surface area (TPSA) is 81.4 Å². The van der Waals surface area contributed by atoms with Gasteiger partial charge in [0.25, 0.3) is 5.91 Å². The fourth-order valence-electron chi connectivity index (χ4n) is 1.73. The summed E-state index contributed by atoms with van der Waals surface area (Å²) in [6.45, 7) is 1.36. The number of rotatable bonds is 5. The summed E-state index contributed by atoms with van der Waals surface area (Å²) >= 11 is 0. The van der Waals surface area contributed by atoms with Gasteiger partial charge >= 0.3 is 0 Å². The van der Waals surface area contributed by atoms with Crippen molar-refractivity contribution >= 4 is 23.1 Å². The summed E-state index contributed by atoms with van der Waals surface area (Å²) in [4.78, 5) is 23.1. The highest BCUT2D eigenvalue weighted by molar-refractivity contribution is 5.97. The van der Waals surface area contributed by atoms with E-state index in [0.29, 0.717) is 22.7 Å². The van der Waals surface area contributed by atoms with Crippen LogP contribution in [0.1, 0.15) is 17.3 Å². The van der Waals surface area contributed by atoms with Crippen LogP contribution in [0.15, 0.2) is 48.5 Å². The van der Waals surface area contributed by atoms with E-state index in [0.717, 1.165) is 0 Å². The minimum absolute atomic E-state index is 0.0516. The quantitative estimate of drug-likeness (QED) is 0.653. The first-order valence-corrected chi connectivity index (χ1v) is 6.44.